The smallest absolute Gasteiger partial charge is 0.252 e. The van der Waals surface area contributed by atoms with Crippen LogP contribution in [0, 0.1) is 12.3 Å². The van der Waals surface area contributed by atoms with E-state index in [1.165, 1.54) is 0 Å². The van der Waals surface area contributed by atoms with Crippen LogP contribution in [0.1, 0.15) is 24.2 Å². The summed E-state index contributed by atoms with van der Waals surface area (Å²) >= 11 is 0. The van der Waals surface area contributed by atoms with Crippen LogP contribution < -0.4 is 5.32 Å². The lowest BCUT2D eigenvalue weighted by atomic mass is 10.1. The van der Waals surface area contributed by atoms with Gasteiger partial charge in [0, 0.05) is 18.0 Å². The number of hydrogen-bond acceptors (Lipinski definition) is 2. The lowest BCUT2D eigenvalue weighted by molar-refractivity contribution is 0.0930. The van der Waals surface area contributed by atoms with Crippen LogP contribution >= 0.6 is 0 Å². The second-order valence-corrected chi connectivity index (χ2v) is 3.46. The maximum absolute atomic E-state index is 11.6. The molecule has 14 heavy (non-hydrogen) atoms. The van der Waals surface area contributed by atoms with Crippen molar-refractivity contribution in [1.82, 2.24) is 10.3 Å². The summed E-state index contributed by atoms with van der Waals surface area (Å²) in [5, 5.41) is 2.72. The van der Waals surface area contributed by atoms with E-state index in [0.29, 0.717) is 5.56 Å². The predicted octanol–water partition coefficient (Wildman–Crippen LogP) is 1.22. The zero-order valence-corrected chi connectivity index (χ0v) is 8.24. The van der Waals surface area contributed by atoms with Gasteiger partial charge in [-0.2, -0.15) is 0 Å². The zero-order chi connectivity index (χ0) is 10.6. The normalized spacial score (nSPS) is 10.4. The number of pyridine rings is 1. The fraction of sp³-hybridized carbons (Fsp3) is 0.273. The number of terminal acetylenes is 1. The summed E-state index contributed by atoms with van der Waals surface area (Å²) in [6.07, 6.45) is 8.39. The van der Waals surface area contributed by atoms with Crippen LogP contribution in [0.3, 0.4) is 0 Å². The van der Waals surface area contributed by atoms with E-state index < -0.39 is 5.54 Å². The Kier molecular flexibility index (Phi) is 2.88. The van der Waals surface area contributed by atoms with Crippen molar-refractivity contribution in [1.29, 1.82) is 0 Å². The van der Waals surface area contributed by atoms with E-state index in [0.717, 1.165) is 0 Å². The Morgan fingerprint density at radius 2 is 2.07 bits per heavy atom. The average molecular weight is 188 g/mol. The first kappa shape index (κ1) is 10.3. The predicted molar refractivity (Wildman–Crippen MR) is 54.6 cm³/mol. The highest BCUT2D eigenvalue weighted by Gasteiger charge is 2.17. The molecule has 3 nitrogen and oxygen atoms in total. The van der Waals surface area contributed by atoms with Gasteiger partial charge < -0.3 is 5.32 Å². The van der Waals surface area contributed by atoms with Gasteiger partial charge in [-0.1, -0.05) is 5.92 Å². The van der Waals surface area contributed by atoms with Gasteiger partial charge in [0.15, 0.2) is 0 Å². The topological polar surface area (TPSA) is 42.0 Å². The molecule has 0 aromatic carbocycles. The van der Waals surface area contributed by atoms with E-state index in [1.807, 2.05) is 0 Å². The second kappa shape index (κ2) is 3.93. The third-order valence-electron chi connectivity index (χ3n) is 1.73. The van der Waals surface area contributed by atoms with Crippen molar-refractivity contribution in [2.24, 2.45) is 0 Å². The van der Waals surface area contributed by atoms with Crippen molar-refractivity contribution in [3.63, 3.8) is 0 Å². The van der Waals surface area contributed by atoms with E-state index in [9.17, 15) is 4.79 Å². The molecule has 72 valence electrons. The third kappa shape index (κ3) is 2.60. The Hall–Kier alpha value is -1.82. The summed E-state index contributed by atoms with van der Waals surface area (Å²) in [4.78, 5) is 15.4. The van der Waals surface area contributed by atoms with E-state index in [4.69, 9.17) is 6.42 Å². The van der Waals surface area contributed by atoms with Gasteiger partial charge in [0.25, 0.3) is 5.91 Å². The molecule has 0 fully saturated rings. The highest BCUT2D eigenvalue weighted by Crippen LogP contribution is 2.03. The molecule has 1 aromatic rings. The van der Waals surface area contributed by atoms with Crippen molar-refractivity contribution >= 4 is 5.91 Å². The Morgan fingerprint density at radius 1 is 1.50 bits per heavy atom. The molecule has 0 bridgehead atoms. The molecule has 1 heterocycles. The first-order chi connectivity index (χ1) is 6.55. The zero-order valence-electron chi connectivity index (χ0n) is 8.24. The van der Waals surface area contributed by atoms with E-state index in [1.54, 1.807) is 38.4 Å². The van der Waals surface area contributed by atoms with E-state index in [-0.39, 0.29) is 5.91 Å². The van der Waals surface area contributed by atoms with Crippen molar-refractivity contribution in [2.75, 3.05) is 0 Å². The summed E-state index contributed by atoms with van der Waals surface area (Å²) in [5.41, 5.74) is -0.0660. The molecule has 0 saturated carbocycles. The van der Waals surface area contributed by atoms with Gasteiger partial charge in [-0.15, -0.1) is 6.42 Å². The molecular formula is C11H12N2O. The third-order valence-corrected chi connectivity index (χ3v) is 1.73. The molecule has 3 heteroatoms. The highest BCUT2D eigenvalue weighted by molar-refractivity contribution is 5.94. The summed E-state index contributed by atoms with van der Waals surface area (Å²) in [7, 11) is 0. The van der Waals surface area contributed by atoms with Crippen molar-refractivity contribution in [3.8, 4) is 12.3 Å². The van der Waals surface area contributed by atoms with Crippen LogP contribution in [0.2, 0.25) is 0 Å². The van der Waals surface area contributed by atoms with Crippen LogP contribution in [-0.2, 0) is 0 Å². The summed E-state index contributed by atoms with van der Waals surface area (Å²) in [6.45, 7) is 3.54. The van der Waals surface area contributed by atoms with Gasteiger partial charge in [-0.25, -0.2) is 0 Å². The minimum absolute atomic E-state index is 0.185. The van der Waals surface area contributed by atoms with Gasteiger partial charge in [-0.05, 0) is 26.0 Å². The quantitative estimate of drug-likeness (QED) is 0.709. The SMILES string of the molecule is C#CC(C)(C)NC(=O)c1ccncc1. The van der Waals surface area contributed by atoms with Crippen molar-refractivity contribution in [3.05, 3.63) is 30.1 Å². The number of nitrogens with one attached hydrogen (secondary N) is 1. The molecule has 0 unspecified atom stereocenters. The molecule has 0 saturated heterocycles. The Balaban J connectivity index is 2.75. The van der Waals surface area contributed by atoms with Crippen LogP contribution in [0.4, 0.5) is 0 Å². The second-order valence-electron chi connectivity index (χ2n) is 3.46. The summed E-state index contributed by atoms with van der Waals surface area (Å²) < 4.78 is 0. The number of carbonyl (C=O) groups excluding carboxylic acids is 1. The molecule has 0 aliphatic carbocycles. The largest absolute Gasteiger partial charge is 0.336 e. The van der Waals surface area contributed by atoms with Gasteiger partial charge >= 0.3 is 0 Å². The molecule has 1 N–H and O–H groups in total. The molecule has 0 atom stereocenters. The van der Waals surface area contributed by atoms with Crippen LogP contribution in [0.25, 0.3) is 0 Å². The fourth-order valence-electron chi connectivity index (χ4n) is 0.895. The van der Waals surface area contributed by atoms with Gasteiger partial charge in [0.2, 0.25) is 0 Å². The molecule has 0 aliphatic heterocycles. The van der Waals surface area contributed by atoms with Crippen LogP contribution in [0.15, 0.2) is 24.5 Å². The van der Waals surface area contributed by atoms with Gasteiger partial charge in [-0.3, -0.25) is 9.78 Å². The van der Waals surface area contributed by atoms with E-state index in [2.05, 4.69) is 16.2 Å². The van der Waals surface area contributed by atoms with Crippen molar-refractivity contribution < 1.29 is 4.79 Å². The minimum Gasteiger partial charge on any atom is -0.336 e. The molecule has 0 radical (unpaired) electrons. The molecule has 1 aromatic heterocycles. The summed E-state index contributed by atoms with van der Waals surface area (Å²) in [5.74, 6) is 2.31. The number of aromatic nitrogens is 1. The monoisotopic (exact) mass is 188 g/mol. The maximum Gasteiger partial charge on any atom is 0.252 e. The Labute approximate surface area is 83.6 Å². The number of carbonyl (C=O) groups is 1. The molecule has 0 aliphatic rings. The molecule has 1 amide bonds. The van der Waals surface area contributed by atoms with Crippen LogP contribution in [0.5, 0.6) is 0 Å². The Bertz CT molecular complexity index is 363. The highest BCUT2D eigenvalue weighted by atomic mass is 16.1. The minimum atomic E-state index is -0.625. The first-order valence-corrected chi connectivity index (χ1v) is 4.25. The molecular weight excluding hydrogens is 176 g/mol. The number of hydrogen-bond donors (Lipinski definition) is 1. The van der Waals surface area contributed by atoms with Gasteiger partial charge in [0.05, 0.1) is 5.54 Å². The summed E-state index contributed by atoms with van der Waals surface area (Å²) in [6, 6.07) is 3.28. The van der Waals surface area contributed by atoms with Crippen LogP contribution in [-0.4, -0.2) is 16.4 Å². The fourth-order valence-corrected chi connectivity index (χ4v) is 0.895. The molecule has 0 spiro atoms. The Morgan fingerprint density at radius 3 is 2.57 bits per heavy atom. The average Bonchev–Trinajstić information content (AvgIpc) is 2.19. The number of amides is 1. The maximum atomic E-state index is 11.6. The van der Waals surface area contributed by atoms with Crippen molar-refractivity contribution in [2.45, 2.75) is 19.4 Å². The van der Waals surface area contributed by atoms with E-state index >= 15 is 0 Å². The number of rotatable bonds is 2. The lowest BCUT2D eigenvalue weighted by Gasteiger charge is -2.19. The number of nitrogens with zero attached hydrogens (tertiary/aromatic N) is 1. The van der Waals surface area contributed by atoms with Gasteiger partial charge in [0.1, 0.15) is 0 Å². The molecule has 1 rings (SSSR count). The standard InChI is InChI=1S/C11H12N2O/c1-4-11(2,3)13-10(14)9-5-7-12-8-6-9/h1,5-8H,2-3H3,(H,13,14). The lowest BCUT2D eigenvalue weighted by Crippen LogP contribution is -2.42. The first-order valence-electron chi connectivity index (χ1n) is 4.25.